The minimum Gasteiger partial charge on any atom is -0.315 e. The minimum atomic E-state index is 0.932. The van der Waals surface area contributed by atoms with E-state index >= 15 is 0 Å². The zero-order chi connectivity index (χ0) is 11.2. The molecule has 0 amide bonds. The van der Waals surface area contributed by atoms with Gasteiger partial charge in [0, 0.05) is 19.1 Å². The fourth-order valence-electron chi connectivity index (χ4n) is 2.96. The molecule has 2 heteroatoms. The van der Waals surface area contributed by atoms with Crippen molar-refractivity contribution in [1.82, 2.24) is 10.2 Å². The number of hydrogen-bond donors (Lipinski definition) is 1. The van der Waals surface area contributed by atoms with Crippen molar-refractivity contribution >= 4 is 0 Å². The molecule has 2 aliphatic rings. The van der Waals surface area contributed by atoms with Crippen LogP contribution in [0.4, 0.5) is 0 Å². The number of rotatable bonds is 7. The van der Waals surface area contributed by atoms with Gasteiger partial charge in [0.05, 0.1) is 0 Å². The molecule has 0 bridgehead atoms. The lowest BCUT2D eigenvalue weighted by atomic mass is 9.89. The Hall–Kier alpha value is -0.0800. The summed E-state index contributed by atoms with van der Waals surface area (Å²) in [5, 5.41) is 3.66. The van der Waals surface area contributed by atoms with Gasteiger partial charge in [-0.2, -0.15) is 0 Å². The van der Waals surface area contributed by atoms with Crippen molar-refractivity contribution in [3.05, 3.63) is 0 Å². The molecule has 0 atom stereocenters. The second-order valence-electron chi connectivity index (χ2n) is 5.57. The molecule has 0 saturated heterocycles. The minimum absolute atomic E-state index is 0.932. The second-order valence-corrected chi connectivity index (χ2v) is 5.57. The number of likely N-dealkylation sites (N-methyl/N-ethyl adjacent to an activating group) is 1. The summed E-state index contributed by atoms with van der Waals surface area (Å²) in [6, 6.07) is 0.932. The zero-order valence-electron chi connectivity index (χ0n) is 10.9. The van der Waals surface area contributed by atoms with Crippen LogP contribution in [0, 0.1) is 5.92 Å². The molecule has 0 aliphatic heterocycles. The van der Waals surface area contributed by atoms with Crippen molar-refractivity contribution in [2.75, 3.05) is 26.2 Å². The summed E-state index contributed by atoms with van der Waals surface area (Å²) >= 11 is 0. The summed E-state index contributed by atoms with van der Waals surface area (Å²) in [4.78, 5) is 2.63. The Kier molecular flexibility index (Phi) is 5.11. The molecule has 0 aromatic rings. The zero-order valence-corrected chi connectivity index (χ0v) is 10.9. The molecule has 0 aromatic heterocycles. The molecule has 0 heterocycles. The first-order valence-corrected chi connectivity index (χ1v) is 7.35. The van der Waals surface area contributed by atoms with Gasteiger partial charge in [-0.05, 0) is 44.7 Å². The largest absolute Gasteiger partial charge is 0.315 e. The van der Waals surface area contributed by atoms with E-state index in [1.54, 1.807) is 0 Å². The lowest BCUT2D eigenvalue weighted by Gasteiger charge is -2.23. The SMILES string of the molecule is CCN(CCNCC1CCCCC1)C1CC1. The molecule has 2 rings (SSSR count). The van der Waals surface area contributed by atoms with E-state index < -0.39 is 0 Å². The van der Waals surface area contributed by atoms with Gasteiger partial charge in [0.15, 0.2) is 0 Å². The molecule has 2 saturated carbocycles. The standard InChI is InChI=1S/C14H28N2/c1-2-16(14-8-9-14)11-10-15-12-13-6-4-3-5-7-13/h13-15H,2-12H2,1H3. The second kappa shape index (κ2) is 6.61. The van der Waals surface area contributed by atoms with E-state index in [0.717, 1.165) is 12.0 Å². The van der Waals surface area contributed by atoms with Crippen molar-refractivity contribution in [1.29, 1.82) is 0 Å². The Morgan fingerprint density at radius 2 is 1.81 bits per heavy atom. The number of nitrogens with zero attached hydrogens (tertiary/aromatic N) is 1. The van der Waals surface area contributed by atoms with Gasteiger partial charge in [-0.1, -0.05) is 26.2 Å². The molecule has 2 aliphatic carbocycles. The highest BCUT2D eigenvalue weighted by atomic mass is 15.2. The van der Waals surface area contributed by atoms with E-state index in [2.05, 4.69) is 17.1 Å². The third kappa shape index (κ3) is 4.06. The summed E-state index contributed by atoms with van der Waals surface area (Å²) in [5.41, 5.74) is 0. The molecule has 1 N–H and O–H groups in total. The van der Waals surface area contributed by atoms with Crippen LogP contribution in [0.15, 0.2) is 0 Å². The third-order valence-corrected chi connectivity index (χ3v) is 4.20. The summed E-state index contributed by atoms with van der Waals surface area (Å²) in [6.45, 7) is 7.24. The van der Waals surface area contributed by atoms with Crippen molar-refractivity contribution < 1.29 is 0 Å². The van der Waals surface area contributed by atoms with E-state index in [4.69, 9.17) is 0 Å². The van der Waals surface area contributed by atoms with Crippen molar-refractivity contribution in [2.24, 2.45) is 5.92 Å². The maximum absolute atomic E-state index is 3.66. The normalized spacial score (nSPS) is 22.9. The summed E-state index contributed by atoms with van der Waals surface area (Å²) in [5.74, 6) is 0.977. The molecule has 0 spiro atoms. The molecule has 2 fully saturated rings. The van der Waals surface area contributed by atoms with E-state index in [9.17, 15) is 0 Å². The molecule has 16 heavy (non-hydrogen) atoms. The molecule has 0 aromatic carbocycles. The van der Waals surface area contributed by atoms with Crippen LogP contribution in [0.1, 0.15) is 51.9 Å². The van der Waals surface area contributed by atoms with Gasteiger partial charge in [-0.3, -0.25) is 4.90 Å². The Morgan fingerprint density at radius 3 is 2.44 bits per heavy atom. The first kappa shape index (κ1) is 12.4. The number of hydrogen-bond acceptors (Lipinski definition) is 2. The molecule has 0 unspecified atom stereocenters. The van der Waals surface area contributed by atoms with Crippen LogP contribution in [0.25, 0.3) is 0 Å². The average molecular weight is 224 g/mol. The Labute approximate surface area is 101 Å². The maximum Gasteiger partial charge on any atom is 0.0110 e. The maximum atomic E-state index is 3.66. The monoisotopic (exact) mass is 224 g/mol. The third-order valence-electron chi connectivity index (χ3n) is 4.20. The van der Waals surface area contributed by atoms with Crippen LogP contribution in [-0.2, 0) is 0 Å². The highest BCUT2D eigenvalue weighted by molar-refractivity contribution is 4.84. The summed E-state index contributed by atoms with van der Waals surface area (Å²) in [6.07, 6.45) is 10.2. The highest BCUT2D eigenvalue weighted by Gasteiger charge is 2.27. The van der Waals surface area contributed by atoms with Gasteiger partial charge in [0.25, 0.3) is 0 Å². The lowest BCUT2D eigenvalue weighted by molar-refractivity contribution is 0.269. The molecule has 94 valence electrons. The van der Waals surface area contributed by atoms with Crippen LogP contribution in [-0.4, -0.2) is 37.1 Å². The quantitative estimate of drug-likeness (QED) is 0.669. The van der Waals surface area contributed by atoms with Gasteiger partial charge in [0.2, 0.25) is 0 Å². The molecular formula is C14H28N2. The Bertz CT molecular complexity index is 183. The highest BCUT2D eigenvalue weighted by Crippen LogP contribution is 2.26. The van der Waals surface area contributed by atoms with E-state index in [1.807, 2.05) is 0 Å². The van der Waals surface area contributed by atoms with Crippen molar-refractivity contribution in [3.63, 3.8) is 0 Å². The topological polar surface area (TPSA) is 15.3 Å². The van der Waals surface area contributed by atoms with Gasteiger partial charge >= 0.3 is 0 Å². The smallest absolute Gasteiger partial charge is 0.0110 e. The van der Waals surface area contributed by atoms with E-state index in [0.29, 0.717) is 0 Å². The molecular weight excluding hydrogens is 196 g/mol. The summed E-state index contributed by atoms with van der Waals surface area (Å²) < 4.78 is 0. The van der Waals surface area contributed by atoms with Crippen LogP contribution < -0.4 is 5.32 Å². The van der Waals surface area contributed by atoms with E-state index in [-0.39, 0.29) is 0 Å². The predicted octanol–water partition coefficient (Wildman–Crippen LogP) is 2.64. The van der Waals surface area contributed by atoms with Crippen molar-refractivity contribution in [2.45, 2.75) is 57.9 Å². The van der Waals surface area contributed by atoms with Crippen molar-refractivity contribution in [3.8, 4) is 0 Å². The van der Waals surface area contributed by atoms with Gasteiger partial charge in [-0.25, -0.2) is 0 Å². The first-order valence-electron chi connectivity index (χ1n) is 7.35. The Balaban J connectivity index is 1.50. The predicted molar refractivity (Wildman–Crippen MR) is 69.7 cm³/mol. The molecule has 0 radical (unpaired) electrons. The Morgan fingerprint density at radius 1 is 1.06 bits per heavy atom. The van der Waals surface area contributed by atoms with Gasteiger partial charge in [-0.15, -0.1) is 0 Å². The lowest BCUT2D eigenvalue weighted by Crippen LogP contribution is -2.35. The fourth-order valence-corrected chi connectivity index (χ4v) is 2.96. The van der Waals surface area contributed by atoms with Crippen LogP contribution in [0.5, 0.6) is 0 Å². The number of nitrogens with one attached hydrogen (secondary N) is 1. The van der Waals surface area contributed by atoms with Crippen LogP contribution >= 0.6 is 0 Å². The molecule has 2 nitrogen and oxygen atoms in total. The van der Waals surface area contributed by atoms with Gasteiger partial charge < -0.3 is 5.32 Å². The summed E-state index contributed by atoms with van der Waals surface area (Å²) in [7, 11) is 0. The first-order chi connectivity index (χ1) is 7.90. The van der Waals surface area contributed by atoms with Gasteiger partial charge in [0.1, 0.15) is 0 Å². The van der Waals surface area contributed by atoms with E-state index in [1.165, 1.54) is 71.1 Å². The average Bonchev–Trinajstić information content (AvgIpc) is 3.15. The fraction of sp³-hybridized carbons (Fsp3) is 1.00. The van der Waals surface area contributed by atoms with Crippen LogP contribution in [0.3, 0.4) is 0 Å². The van der Waals surface area contributed by atoms with Crippen LogP contribution in [0.2, 0.25) is 0 Å².